The molecular weight excluding hydrogens is 380 g/mol. The van der Waals surface area contributed by atoms with Crippen molar-refractivity contribution >= 4 is 58.9 Å². The van der Waals surface area contributed by atoms with Crippen LogP contribution in [0.2, 0.25) is 0 Å². The molecule has 2 amide bonds. The lowest BCUT2D eigenvalue weighted by atomic mass is 10.1. The molecule has 0 aliphatic rings. The quantitative estimate of drug-likeness (QED) is 0.457. The molecule has 0 heterocycles. The van der Waals surface area contributed by atoms with Crippen molar-refractivity contribution < 1.29 is 9.59 Å². The Hall–Kier alpha value is 0.340. The predicted molar refractivity (Wildman–Crippen MR) is 116 cm³/mol. The van der Waals surface area contributed by atoms with Crippen LogP contribution in [0.4, 0.5) is 0 Å². The van der Waals surface area contributed by atoms with Gasteiger partial charge in [0.2, 0.25) is 11.8 Å². The second-order valence-corrected chi connectivity index (χ2v) is 9.45. The molecule has 0 aromatic carbocycles. The molecule has 0 aliphatic carbocycles. The molecule has 0 saturated heterocycles. The summed E-state index contributed by atoms with van der Waals surface area (Å²) in [6.07, 6.45) is 8.10. The third-order valence-electron chi connectivity index (χ3n) is 3.46. The first-order valence-corrected chi connectivity index (χ1v) is 13.6. The third-order valence-corrected chi connectivity index (χ3v) is 6.41. The first kappa shape index (κ1) is 24.3. The van der Waals surface area contributed by atoms with Crippen LogP contribution < -0.4 is 10.6 Å². The number of thioether (sulfide) groups is 4. The summed E-state index contributed by atoms with van der Waals surface area (Å²) in [6, 6.07) is 0. The Kier molecular flexibility index (Phi) is 15.8. The fourth-order valence-electron chi connectivity index (χ4n) is 2.11. The van der Waals surface area contributed by atoms with Gasteiger partial charge < -0.3 is 10.6 Å². The Morgan fingerprint density at radius 1 is 0.708 bits per heavy atom. The van der Waals surface area contributed by atoms with Gasteiger partial charge in [0.1, 0.15) is 0 Å². The van der Waals surface area contributed by atoms with Gasteiger partial charge in [-0.3, -0.25) is 9.59 Å². The van der Waals surface area contributed by atoms with Crippen LogP contribution in [0.15, 0.2) is 0 Å². The van der Waals surface area contributed by atoms with Gasteiger partial charge in [0.25, 0.3) is 0 Å². The molecule has 0 rings (SSSR count). The third kappa shape index (κ3) is 11.1. The average Bonchev–Trinajstić information content (AvgIpc) is 2.57. The van der Waals surface area contributed by atoms with E-state index >= 15 is 0 Å². The van der Waals surface area contributed by atoms with Gasteiger partial charge in [-0.2, -0.15) is 47.0 Å². The van der Waals surface area contributed by atoms with Crippen LogP contribution in [-0.4, -0.2) is 72.9 Å². The lowest BCUT2D eigenvalue weighted by Crippen LogP contribution is -2.41. The minimum atomic E-state index is 0.0596. The highest BCUT2D eigenvalue weighted by Crippen LogP contribution is 2.12. The van der Waals surface area contributed by atoms with Gasteiger partial charge in [-0.05, 0) is 30.9 Å². The van der Waals surface area contributed by atoms with E-state index in [0.29, 0.717) is 13.1 Å². The molecular formula is C16H32N2O2S4. The molecule has 0 saturated carbocycles. The molecule has 0 bridgehead atoms. The molecule has 0 radical (unpaired) electrons. The van der Waals surface area contributed by atoms with Crippen molar-refractivity contribution in [2.75, 3.05) is 61.1 Å². The van der Waals surface area contributed by atoms with Crippen molar-refractivity contribution in [3.8, 4) is 0 Å². The van der Waals surface area contributed by atoms with E-state index in [9.17, 15) is 9.59 Å². The van der Waals surface area contributed by atoms with Crippen molar-refractivity contribution in [3.63, 3.8) is 0 Å². The number of hydrogen-bond donors (Lipinski definition) is 2. The minimum Gasteiger partial charge on any atom is -0.355 e. The summed E-state index contributed by atoms with van der Waals surface area (Å²) in [5.41, 5.74) is 0. The summed E-state index contributed by atoms with van der Waals surface area (Å²) in [5, 5.41) is 6.06. The van der Waals surface area contributed by atoms with Gasteiger partial charge in [-0.1, -0.05) is 6.92 Å². The van der Waals surface area contributed by atoms with E-state index in [-0.39, 0.29) is 29.6 Å². The summed E-state index contributed by atoms with van der Waals surface area (Å²) in [7, 11) is 0. The van der Waals surface area contributed by atoms with Crippen molar-refractivity contribution in [3.05, 3.63) is 0 Å². The first-order valence-electron chi connectivity index (χ1n) is 8.01. The maximum absolute atomic E-state index is 12.2. The Bertz CT molecular complexity index is 315. The number of carbonyl (C=O) groups excluding carboxylic acids is 2. The minimum absolute atomic E-state index is 0.0596. The highest BCUT2D eigenvalue weighted by Gasteiger charge is 2.19. The van der Waals surface area contributed by atoms with Gasteiger partial charge in [-0.25, -0.2) is 0 Å². The van der Waals surface area contributed by atoms with Gasteiger partial charge in [0.15, 0.2) is 0 Å². The normalized spacial score (nSPS) is 11.3. The van der Waals surface area contributed by atoms with Gasteiger partial charge >= 0.3 is 0 Å². The van der Waals surface area contributed by atoms with E-state index in [2.05, 4.69) is 17.6 Å². The molecule has 0 aliphatic heterocycles. The molecule has 24 heavy (non-hydrogen) atoms. The Morgan fingerprint density at radius 2 is 1.00 bits per heavy atom. The van der Waals surface area contributed by atoms with Crippen molar-refractivity contribution in [1.82, 2.24) is 10.6 Å². The Morgan fingerprint density at radius 3 is 1.25 bits per heavy atom. The Labute approximate surface area is 164 Å². The zero-order valence-corrected chi connectivity index (χ0v) is 18.7. The van der Waals surface area contributed by atoms with Gasteiger partial charge in [0.05, 0.1) is 11.8 Å². The number of hydrogen-bond acceptors (Lipinski definition) is 6. The highest BCUT2D eigenvalue weighted by molar-refractivity contribution is 7.99. The summed E-state index contributed by atoms with van der Waals surface area (Å²) >= 11 is 6.81. The van der Waals surface area contributed by atoms with E-state index in [0.717, 1.165) is 23.0 Å². The Balaban J connectivity index is 4.17. The number of amides is 2. The van der Waals surface area contributed by atoms with E-state index in [1.54, 1.807) is 47.0 Å². The smallest absolute Gasteiger partial charge is 0.224 e. The molecule has 0 spiro atoms. The molecule has 142 valence electrons. The summed E-state index contributed by atoms with van der Waals surface area (Å²) in [4.78, 5) is 24.4. The largest absolute Gasteiger partial charge is 0.355 e. The fourth-order valence-corrected chi connectivity index (χ4v) is 5.10. The van der Waals surface area contributed by atoms with Crippen molar-refractivity contribution in [2.45, 2.75) is 6.92 Å². The number of rotatable bonds is 14. The second-order valence-electron chi connectivity index (χ2n) is 5.81. The molecule has 0 fully saturated rings. The molecule has 0 aromatic heterocycles. The predicted octanol–water partition coefficient (Wildman–Crippen LogP) is 2.54. The summed E-state index contributed by atoms with van der Waals surface area (Å²) in [5.74, 6) is 4.00. The maximum atomic E-state index is 12.2. The zero-order valence-electron chi connectivity index (χ0n) is 15.4. The lowest BCUT2D eigenvalue weighted by molar-refractivity contribution is -0.123. The summed E-state index contributed by atoms with van der Waals surface area (Å²) < 4.78 is 0. The van der Waals surface area contributed by atoms with Gasteiger partial charge in [-0.15, -0.1) is 0 Å². The van der Waals surface area contributed by atoms with Crippen LogP contribution >= 0.6 is 47.0 Å². The maximum Gasteiger partial charge on any atom is 0.224 e. The second kappa shape index (κ2) is 15.6. The zero-order chi connectivity index (χ0) is 18.4. The molecule has 0 unspecified atom stereocenters. The molecule has 8 heteroatoms. The highest BCUT2D eigenvalue weighted by atomic mass is 32.2. The van der Waals surface area contributed by atoms with Crippen LogP contribution in [0.5, 0.6) is 0 Å². The van der Waals surface area contributed by atoms with Crippen LogP contribution in [0.25, 0.3) is 0 Å². The van der Waals surface area contributed by atoms with Crippen molar-refractivity contribution in [1.29, 1.82) is 0 Å². The lowest BCUT2D eigenvalue weighted by Gasteiger charge is -2.19. The van der Waals surface area contributed by atoms with Crippen LogP contribution in [-0.2, 0) is 9.59 Å². The average molecular weight is 413 g/mol. The fraction of sp³-hybridized carbons (Fsp3) is 0.875. The van der Waals surface area contributed by atoms with Gasteiger partial charge in [0, 0.05) is 36.1 Å². The van der Waals surface area contributed by atoms with Crippen LogP contribution in [0.1, 0.15) is 6.92 Å². The van der Waals surface area contributed by atoms with Crippen LogP contribution in [0.3, 0.4) is 0 Å². The van der Waals surface area contributed by atoms with E-state index in [4.69, 9.17) is 0 Å². The first-order chi connectivity index (χ1) is 11.5. The number of carbonyl (C=O) groups is 2. The molecule has 2 N–H and O–H groups in total. The van der Waals surface area contributed by atoms with E-state index in [1.807, 2.05) is 25.0 Å². The van der Waals surface area contributed by atoms with Crippen molar-refractivity contribution in [2.24, 2.45) is 17.8 Å². The van der Waals surface area contributed by atoms with Crippen LogP contribution in [0, 0.1) is 17.8 Å². The molecule has 0 aromatic rings. The molecule has 0 atom stereocenters. The standard InChI is InChI=1S/C16H32N2O2S4/c1-12(6-17-15(19)13(8-21-2)9-22-3)7-18-16(20)14(10-23-4)11-24-5/h12-14H,6-11H2,1-5H3,(H,17,19)(H,18,20). The SMILES string of the molecule is CSCC(CSC)C(=O)NCC(C)CNC(=O)C(CSC)CSC. The molecule has 4 nitrogen and oxygen atoms in total. The number of nitrogens with one attached hydrogen (secondary N) is 2. The van der Waals surface area contributed by atoms with E-state index in [1.165, 1.54) is 0 Å². The monoisotopic (exact) mass is 412 g/mol. The summed E-state index contributed by atoms with van der Waals surface area (Å²) in [6.45, 7) is 3.26. The topological polar surface area (TPSA) is 58.2 Å². The van der Waals surface area contributed by atoms with E-state index < -0.39 is 0 Å².